The largest absolute Gasteiger partial charge is 0.390 e. The second-order valence-electron chi connectivity index (χ2n) is 8.33. The maximum absolute atomic E-state index is 10.3. The van der Waals surface area contributed by atoms with Crippen LogP contribution in [0.2, 0.25) is 0 Å². The first-order chi connectivity index (χ1) is 12.2. The lowest BCUT2D eigenvalue weighted by atomic mass is 9.79. The van der Waals surface area contributed by atoms with Crippen LogP contribution in [0.4, 0.5) is 5.95 Å². The van der Waals surface area contributed by atoms with Gasteiger partial charge in [-0.05, 0) is 51.4 Å². The molecule has 1 aromatic heterocycles. The van der Waals surface area contributed by atoms with E-state index in [9.17, 15) is 5.11 Å². The van der Waals surface area contributed by atoms with Crippen LogP contribution in [0.5, 0.6) is 0 Å². The van der Waals surface area contributed by atoms with E-state index in [1.54, 1.807) is 11.8 Å². The lowest BCUT2D eigenvalue weighted by Crippen LogP contribution is -2.40. The normalized spacial score (nSPS) is 18.9. The van der Waals surface area contributed by atoms with Crippen molar-refractivity contribution in [3.8, 4) is 0 Å². The van der Waals surface area contributed by atoms with Crippen LogP contribution in [0.3, 0.4) is 0 Å². The minimum atomic E-state index is -0.714. The van der Waals surface area contributed by atoms with Gasteiger partial charge in [-0.1, -0.05) is 13.8 Å². The number of hydrogen-bond acceptors (Lipinski definition) is 6. The van der Waals surface area contributed by atoms with Crippen LogP contribution >= 0.6 is 11.8 Å². The van der Waals surface area contributed by atoms with Crippen molar-refractivity contribution in [3.63, 3.8) is 0 Å². The molecule has 0 aliphatic carbocycles. The quantitative estimate of drug-likeness (QED) is 0.670. The molecule has 5 nitrogen and oxygen atoms in total. The Balaban J connectivity index is 1.68. The molecule has 1 fully saturated rings. The van der Waals surface area contributed by atoms with E-state index < -0.39 is 5.60 Å². The molecule has 0 radical (unpaired) electrons. The Labute approximate surface area is 160 Å². The molecule has 26 heavy (non-hydrogen) atoms. The molecule has 1 saturated heterocycles. The molecule has 0 spiro atoms. The summed E-state index contributed by atoms with van der Waals surface area (Å²) >= 11 is 1.76. The summed E-state index contributed by atoms with van der Waals surface area (Å²) in [6.07, 6.45) is 4.24. The average Bonchev–Trinajstić information content (AvgIpc) is 2.60. The first kappa shape index (κ1) is 19.4. The Morgan fingerprint density at radius 2 is 2.12 bits per heavy atom. The van der Waals surface area contributed by atoms with Crippen molar-refractivity contribution in [1.29, 1.82) is 0 Å². The SMILES string of the molecule is CC(C)(O)C(C)(C)CSc1ccc2nc(NC3CCCNC3)ncc2c1. The fourth-order valence-electron chi connectivity index (χ4n) is 2.77. The number of anilines is 1. The van der Waals surface area contributed by atoms with Crippen LogP contribution in [0.25, 0.3) is 10.9 Å². The minimum Gasteiger partial charge on any atom is -0.390 e. The van der Waals surface area contributed by atoms with Gasteiger partial charge in [-0.2, -0.15) is 0 Å². The van der Waals surface area contributed by atoms with Gasteiger partial charge in [0.25, 0.3) is 0 Å². The predicted molar refractivity (Wildman–Crippen MR) is 110 cm³/mol. The van der Waals surface area contributed by atoms with E-state index >= 15 is 0 Å². The van der Waals surface area contributed by atoms with Gasteiger partial charge in [0, 0.05) is 40.2 Å². The molecule has 1 aromatic carbocycles. The summed E-state index contributed by atoms with van der Waals surface area (Å²) < 4.78 is 0. The van der Waals surface area contributed by atoms with E-state index in [-0.39, 0.29) is 5.41 Å². The highest BCUT2D eigenvalue weighted by Gasteiger charge is 2.34. The summed E-state index contributed by atoms with van der Waals surface area (Å²) in [6.45, 7) is 10.0. The Bertz CT molecular complexity index is 751. The second-order valence-corrected chi connectivity index (χ2v) is 9.38. The van der Waals surface area contributed by atoms with Crippen LogP contribution in [-0.2, 0) is 0 Å². The molecule has 6 heteroatoms. The van der Waals surface area contributed by atoms with Crippen LogP contribution in [0.15, 0.2) is 29.3 Å². The number of benzene rings is 1. The average molecular weight is 375 g/mol. The number of fused-ring (bicyclic) bond motifs is 1. The maximum Gasteiger partial charge on any atom is 0.223 e. The summed E-state index contributed by atoms with van der Waals surface area (Å²) in [4.78, 5) is 10.3. The van der Waals surface area contributed by atoms with E-state index in [4.69, 9.17) is 0 Å². The molecule has 1 atom stereocenters. The predicted octanol–water partition coefficient (Wildman–Crippen LogP) is 3.68. The van der Waals surface area contributed by atoms with Crippen LogP contribution < -0.4 is 10.6 Å². The zero-order valence-electron chi connectivity index (χ0n) is 16.2. The molecule has 1 unspecified atom stereocenters. The Morgan fingerprint density at radius 1 is 1.31 bits per heavy atom. The molecule has 142 valence electrons. The number of piperidine rings is 1. The third-order valence-electron chi connectivity index (χ3n) is 5.44. The highest BCUT2D eigenvalue weighted by Crippen LogP contribution is 2.36. The van der Waals surface area contributed by atoms with Crippen molar-refractivity contribution in [2.45, 2.75) is 57.1 Å². The number of hydrogen-bond donors (Lipinski definition) is 3. The molecule has 3 N–H and O–H groups in total. The molecular weight excluding hydrogens is 344 g/mol. The van der Waals surface area contributed by atoms with E-state index in [1.807, 2.05) is 20.0 Å². The molecular formula is C20H30N4OS. The zero-order valence-corrected chi connectivity index (χ0v) is 17.0. The Morgan fingerprint density at radius 3 is 2.81 bits per heavy atom. The number of aromatic nitrogens is 2. The molecule has 1 aliphatic rings. The summed E-state index contributed by atoms with van der Waals surface area (Å²) in [5, 5.41) is 18.2. The lowest BCUT2D eigenvalue weighted by molar-refractivity contribution is -0.0210. The van der Waals surface area contributed by atoms with Gasteiger partial charge >= 0.3 is 0 Å². The standard InChI is InChI=1S/C20H30N4OS/c1-19(2,20(3,4)25)13-26-16-7-8-17-14(10-16)11-22-18(24-17)23-15-6-5-9-21-12-15/h7-8,10-11,15,21,25H,5-6,9,12-13H2,1-4H3,(H,22,23,24). The minimum absolute atomic E-state index is 0.176. The smallest absolute Gasteiger partial charge is 0.223 e. The fraction of sp³-hybridized carbons (Fsp3) is 0.600. The molecule has 2 heterocycles. The third-order valence-corrected chi connectivity index (χ3v) is 6.89. The highest BCUT2D eigenvalue weighted by molar-refractivity contribution is 7.99. The topological polar surface area (TPSA) is 70.1 Å². The van der Waals surface area contributed by atoms with Crippen LogP contribution in [0.1, 0.15) is 40.5 Å². The van der Waals surface area contributed by atoms with Crippen molar-refractivity contribution < 1.29 is 5.11 Å². The van der Waals surface area contributed by atoms with Gasteiger partial charge in [-0.25, -0.2) is 9.97 Å². The summed E-state index contributed by atoms with van der Waals surface area (Å²) in [7, 11) is 0. The molecule has 0 bridgehead atoms. The number of nitrogens with zero attached hydrogens (tertiary/aromatic N) is 2. The number of thioether (sulfide) groups is 1. The Kier molecular flexibility index (Phi) is 5.75. The second kappa shape index (κ2) is 7.71. The Hall–Kier alpha value is -1.37. The lowest BCUT2D eigenvalue weighted by Gasteiger charge is -2.37. The van der Waals surface area contributed by atoms with Crippen molar-refractivity contribution in [2.24, 2.45) is 5.41 Å². The van der Waals surface area contributed by atoms with Gasteiger partial charge in [0.2, 0.25) is 5.95 Å². The first-order valence-electron chi connectivity index (χ1n) is 9.34. The van der Waals surface area contributed by atoms with E-state index in [0.29, 0.717) is 12.0 Å². The molecule has 0 saturated carbocycles. The van der Waals surface area contributed by atoms with Crippen LogP contribution in [0, 0.1) is 5.41 Å². The van der Waals surface area contributed by atoms with Gasteiger partial charge in [-0.3, -0.25) is 0 Å². The van der Waals surface area contributed by atoms with Gasteiger partial charge in [-0.15, -0.1) is 11.8 Å². The van der Waals surface area contributed by atoms with Gasteiger partial charge in [0.1, 0.15) is 0 Å². The van der Waals surface area contributed by atoms with Gasteiger partial charge in [0.15, 0.2) is 0 Å². The summed E-state index contributed by atoms with van der Waals surface area (Å²) in [6, 6.07) is 6.69. The van der Waals surface area contributed by atoms with Crippen molar-refractivity contribution >= 4 is 28.6 Å². The van der Waals surface area contributed by atoms with Gasteiger partial charge in [0.05, 0.1) is 11.1 Å². The van der Waals surface area contributed by atoms with Crippen molar-refractivity contribution in [2.75, 3.05) is 24.2 Å². The molecule has 0 amide bonds. The highest BCUT2D eigenvalue weighted by atomic mass is 32.2. The summed E-state index contributed by atoms with van der Waals surface area (Å²) in [5.74, 6) is 1.55. The number of rotatable bonds is 6. The molecule has 3 rings (SSSR count). The van der Waals surface area contributed by atoms with Crippen molar-refractivity contribution in [3.05, 3.63) is 24.4 Å². The molecule has 2 aromatic rings. The molecule has 1 aliphatic heterocycles. The number of nitrogens with one attached hydrogen (secondary N) is 2. The van der Waals surface area contributed by atoms with E-state index in [1.165, 1.54) is 11.3 Å². The maximum atomic E-state index is 10.3. The van der Waals surface area contributed by atoms with Crippen LogP contribution in [-0.4, -0.2) is 45.6 Å². The number of aliphatic hydroxyl groups is 1. The fourth-order valence-corrected chi connectivity index (χ4v) is 4.02. The zero-order chi connectivity index (χ0) is 18.8. The van der Waals surface area contributed by atoms with Gasteiger partial charge < -0.3 is 15.7 Å². The van der Waals surface area contributed by atoms with Crippen molar-refractivity contribution in [1.82, 2.24) is 15.3 Å². The third kappa shape index (κ3) is 4.67. The first-order valence-corrected chi connectivity index (χ1v) is 10.3. The van der Waals surface area contributed by atoms with E-state index in [0.717, 1.165) is 36.2 Å². The summed E-state index contributed by atoms with van der Waals surface area (Å²) in [5.41, 5.74) is 0.0665. The monoisotopic (exact) mass is 374 g/mol. The van der Waals surface area contributed by atoms with E-state index in [2.05, 4.69) is 52.6 Å².